The van der Waals surface area contributed by atoms with Crippen LogP contribution in [0.4, 0.5) is 4.79 Å². The van der Waals surface area contributed by atoms with Crippen molar-refractivity contribution >= 4 is 53.3 Å². The summed E-state index contributed by atoms with van der Waals surface area (Å²) in [5.41, 5.74) is -0.0230. The highest BCUT2D eigenvalue weighted by atomic mass is 32.2. The highest BCUT2D eigenvalue weighted by Crippen LogP contribution is 2.12. The van der Waals surface area contributed by atoms with E-state index in [0.29, 0.717) is 0 Å². The van der Waals surface area contributed by atoms with Gasteiger partial charge in [-0.3, -0.25) is 4.79 Å². The van der Waals surface area contributed by atoms with E-state index < -0.39 is 29.9 Å². The number of aliphatic carboxylic acids is 1. The first-order chi connectivity index (χ1) is 11.7. The lowest BCUT2D eigenvalue weighted by molar-refractivity contribution is -0.401. The van der Waals surface area contributed by atoms with Crippen LogP contribution < -0.4 is 5.32 Å². The molecule has 132 valence electrons. The number of guanidine groups is 1. The molecule has 0 aromatic heterocycles. The highest BCUT2D eigenvalue weighted by molar-refractivity contribution is 7.97. The second-order valence-electron chi connectivity index (χ2n) is 4.97. The van der Waals surface area contributed by atoms with Crippen LogP contribution in [0.1, 0.15) is 6.92 Å². The Hall–Kier alpha value is -2.96. The number of imide groups is 1. The summed E-state index contributed by atoms with van der Waals surface area (Å²) in [5.74, 6) is -2.39. The molecule has 0 saturated carbocycles. The van der Waals surface area contributed by atoms with E-state index in [1.165, 1.54) is 21.0 Å². The minimum atomic E-state index is -1.20. The number of carbonyl (C=O) groups is 4. The van der Waals surface area contributed by atoms with Gasteiger partial charge in [0.2, 0.25) is 11.6 Å². The van der Waals surface area contributed by atoms with E-state index in [0.717, 1.165) is 21.4 Å². The summed E-state index contributed by atoms with van der Waals surface area (Å²) < 4.78 is 4.84. The second-order valence-corrected chi connectivity index (χ2v) is 5.73. The quantitative estimate of drug-likeness (QED) is 0.364. The second kappa shape index (κ2) is 7.29. The Labute approximate surface area is 145 Å². The average Bonchev–Trinajstić information content (AvgIpc) is 2.97. The third kappa shape index (κ3) is 3.93. The van der Waals surface area contributed by atoms with Gasteiger partial charge in [-0.05, 0) is 0 Å². The predicted molar refractivity (Wildman–Crippen MR) is 86.8 cm³/mol. The summed E-state index contributed by atoms with van der Waals surface area (Å²) in [4.78, 5) is 54.4. The summed E-state index contributed by atoms with van der Waals surface area (Å²) in [6, 6.07) is -1.66. The summed E-state index contributed by atoms with van der Waals surface area (Å²) in [6.07, 6.45) is 0. The number of aliphatic imine (C=N–C) groups is 2. The monoisotopic (exact) mass is 368 g/mol. The first-order valence-corrected chi connectivity index (χ1v) is 7.80. The molecule has 2 N–H and O–H groups in total. The van der Waals surface area contributed by atoms with Gasteiger partial charge in [0.05, 0.1) is 14.1 Å². The summed E-state index contributed by atoms with van der Waals surface area (Å²) in [5, 5.41) is 14.9. The van der Waals surface area contributed by atoms with Crippen LogP contribution >= 0.6 is 11.9 Å². The van der Waals surface area contributed by atoms with Crippen LogP contribution in [0.2, 0.25) is 0 Å². The number of hydrogen-bond donors (Lipinski definition) is 2. The molecule has 0 aromatic carbocycles. The van der Waals surface area contributed by atoms with Gasteiger partial charge in [0.1, 0.15) is 6.04 Å². The van der Waals surface area contributed by atoms with Crippen molar-refractivity contribution in [2.24, 2.45) is 19.6 Å². The third-order valence-electron chi connectivity index (χ3n) is 3.13. The Morgan fingerprint density at radius 3 is 2.68 bits per heavy atom. The van der Waals surface area contributed by atoms with Crippen molar-refractivity contribution in [3.05, 3.63) is 0 Å². The average molecular weight is 368 g/mol. The fourth-order valence-electron chi connectivity index (χ4n) is 1.90. The fourth-order valence-corrected chi connectivity index (χ4v) is 2.47. The molecule has 0 fully saturated rings. The molecule has 13 heteroatoms. The van der Waals surface area contributed by atoms with Crippen molar-refractivity contribution in [2.45, 2.75) is 13.0 Å². The minimum Gasteiger partial charge on any atom is -0.480 e. The van der Waals surface area contributed by atoms with Crippen LogP contribution in [-0.2, 0) is 14.4 Å². The van der Waals surface area contributed by atoms with Gasteiger partial charge in [-0.2, -0.15) is 14.5 Å². The molecule has 2 aliphatic rings. The lowest BCUT2D eigenvalue weighted by atomic mass is 10.2. The SMILES string of the molecule is CC(=O)NC(CS/N=N/C1=NC2=[N+](C)C(=O)N(C)C(=O)C2=N1)C(=O)O. The van der Waals surface area contributed by atoms with Crippen LogP contribution in [0, 0.1) is 0 Å². The largest absolute Gasteiger partial charge is 0.480 e. The molecule has 0 aliphatic carbocycles. The van der Waals surface area contributed by atoms with Gasteiger partial charge in [-0.15, -0.1) is 4.52 Å². The van der Waals surface area contributed by atoms with Gasteiger partial charge in [-0.25, -0.2) is 14.4 Å². The van der Waals surface area contributed by atoms with Crippen LogP contribution in [-0.4, -0.2) is 81.8 Å². The Kier molecular flexibility index (Phi) is 5.36. The molecule has 2 rings (SSSR count). The van der Waals surface area contributed by atoms with Crippen molar-refractivity contribution in [1.29, 1.82) is 0 Å². The molecule has 0 spiro atoms. The maximum absolute atomic E-state index is 12.0. The van der Waals surface area contributed by atoms with E-state index in [1.807, 2.05) is 0 Å². The molecule has 4 amide bonds. The lowest BCUT2D eigenvalue weighted by Gasteiger charge is -2.15. The zero-order valence-electron chi connectivity index (χ0n) is 13.5. The number of urea groups is 1. The van der Waals surface area contributed by atoms with Gasteiger partial charge < -0.3 is 10.4 Å². The lowest BCUT2D eigenvalue weighted by Crippen LogP contribution is -2.51. The van der Waals surface area contributed by atoms with Gasteiger partial charge in [0.25, 0.3) is 0 Å². The maximum atomic E-state index is 12.0. The van der Waals surface area contributed by atoms with Crippen molar-refractivity contribution in [3.63, 3.8) is 0 Å². The van der Waals surface area contributed by atoms with E-state index in [1.54, 1.807) is 0 Å². The third-order valence-corrected chi connectivity index (χ3v) is 3.81. The van der Waals surface area contributed by atoms with Crippen molar-refractivity contribution in [3.8, 4) is 0 Å². The van der Waals surface area contributed by atoms with Crippen molar-refractivity contribution < 1.29 is 28.9 Å². The summed E-state index contributed by atoms with van der Waals surface area (Å²) >= 11 is 0.782. The fraction of sp³-hybridized carbons (Fsp3) is 0.417. The Bertz CT molecular complexity index is 785. The number of nitrogens with zero attached hydrogens (tertiary/aromatic N) is 6. The van der Waals surface area contributed by atoms with Crippen molar-refractivity contribution in [2.75, 3.05) is 19.8 Å². The number of carboxylic acids is 1. The molecule has 0 saturated heterocycles. The first kappa shape index (κ1) is 18.4. The van der Waals surface area contributed by atoms with Gasteiger partial charge in [0.15, 0.2) is 0 Å². The molecule has 12 nitrogen and oxygen atoms in total. The van der Waals surface area contributed by atoms with E-state index in [2.05, 4.69) is 24.9 Å². The van der Waals surface area contributed by atoms with Crippen molar-refractivity contribution in [1.82, 2.24) is 10.2 Å². The number of carbonyl (C=O) groups excluding carboxylic acids is 3. The van der Waals surface area contributed by atoms with Crippen LogP contribution in [0.3, 0.4) is 0 Å². The van der Waals surface area contributed by atoms with E-state index in [4.69, 9.17) is 5.11 Å². The smallest absolute Gasteiger partial charge is 0.446 e. The topological polar surface area (TPSA) is 156 Å². The minimum absolute atomic E-state index is 0.0230. The molecule has 0 aromatic rings. The number of nitrogens with one attached hydrogen (secondary N) is 1. The first-order valence-electron chi connectivity index (χ1n) is 6.85. The predicted octanol–water partition coefficient (Wildman–Crippen LogP) is -0.880. The summed E-state index contributed by atoms with van der Waals surface area (Å²) in [7, 11) is 2.77. The molecule has 2 aliphatic heterocycles. The molecule has 0 radical (unpaired) electrons. The molecule has 2 heterocycles. The molecule has 1 unspecified atom stereocenters. The number of fused-ring (bicyclic) bond motifs is 1. The van der Waals surface area contributed by atoms with Gasteiger partial charge in [0, 0.05) is 24.6 Å². The maximum Gasteiger partial charge on any atom is 0.446 e. The normalized spacial score (nSPS) is 18.3. The molecule has 25 heavy (non-hydrogen) atoms. The van der Waals surface area contributed by atoms with E-state index >= 15 is 0 Å². The molecule has 0 bridgehead atoms. The highest BCUT2D eigenvalue weighted by Gasteiger charge is 2.44. The molecular weight excluding hydrogens is 354 g/mol. The van der Waals surface area contributed by atoms with Crippen LogP contribution in [0.5, 0.6) is 0 Å². The van der Waals surface area contributed by atoms with E-state index in [-0.39, 0.29) is 23.3 Å². The van der Waals surface area contributed by atoms with E-state index in [9.17, 15) is 19.2 Å². The van der Waals surface area contributed by atoms with Crippen LogP contribution in [0.25, 0.3) is 0 Å². The molecule has 1 atom stereocenters. The Morgan fingerprint density at radius 1 is 1.40 bits per heavy atom. The zero-order chi connectivity index (χ0) is 18.7. The molecular formula is C12H14N7O5S+. The Balaban J connectivity index is 2.05. The Morgan fingerprint density at radius 2 is 2.08 bits per heavy atom. The standard InChI is InChI=1S/C12H13N7O5S/c1-5(20)13-6(10(22)23)4-25-17-16-11-14-7-8(15-11)18(2)12(24)19(3)9(7)21/h6H,4H2,1-3H3,(H-,13,20,22,23)/p+1. The zero-order valence-corrected chi connectivity index (χ0v) is 14.3. The summed E-state index contributed by atoms with van der Waals surface area (Å²) in [6.45, 7) is 1.20. The van der Waals surface area contributed by atoms with Gasteiger partial charge in [-0.1, -0.05) is 10.1 Å². The number of hydrogen-bond acceptors (Lipinski definition) is 9. The van der Waals surface area contributed by atoms with Crippen LogP contribution in [0.15, 0.2) is 19.6 Å². The number of carboxylic acid groups (broad SMARTS) is 1. The number of amides is 4. The van der Waals surface area contributed by atoms with Gasteiger partial charge >= 0.3 is 29.7 Å². The number of rotatable bonds is 5. The number of amidine groups is 1.